The Kier molecular flexibility index (Phi) is 3.52. The topological polar surface area (TPSA) is 73.8 Å². The van der Waals surface area contributed by atoms with Gasteiger partial charge in [-0.2, -0.15) is 13.2 Å². The third-order valence-electron chi connectivity index (χ3n) is 3.83. The summed E-state index contributed by atoms with van der Waals surface area (Å²) in [6.07, 6.45) is -1.13. The molecule has 1 N–H and O–H groups in total. The van der Waals surface area contributed by atoms with Crippen molar-refractivity contribution in [2.24, 2.45) is 0 Å². The molecule has 126 valence electrons. The second-order valence-corrected chi connectivity index (χ2v) is 6.25. The van der Waals surface area contributed by atoms with Crippen molar-refractivity contribution in [3.63, 3.8) is 0 Å². The fourth-order valence-electron chi connectivity index (χ4n) is 2.67. The SMILES string of the molecule is FC(F)(F)c1nnc(N2CCN(c3ncnc4cc[nH]c34)CC2)s1. The second-order valence-electron chi connectivity index (χ2n) is 5.30. The summed E-state index contributed by atoms with van der Waals surface area (Å²) in [6, 6.07) is 1.87. The highest BCUT2D eigenvalue weighted by Gasteiger charge is 2.36. The van der Waals surface area contributed by atoms with Gasteiger partial charge in [-0.05, 0) is 6.07 Å². The largest absolute Gasteiger partial charge is 0.445 e. The molecule has 3 aromatic rings. The van der Waals surface area contributed by atoms with Crippen molar-refractivity contribution >= 4 is 33.3 Å². The fourth-order valence-corrected chi connectivity index (χ4v) is 3.43. The number of hydrogen-bond donors (Lipinski definition) is 1. The molecule has 0 saturated carbocycles. The van der Waals surface area contributed by atoms with Crippen molar-refractivity contribution in [2.75, 3.05) is 36.0 Å². The minimum absolute atomic E-state index is 0.301. The summed E-state index contributed by atoms with van der Waals surface area (Å²) in [5.74, 6) is 0.804. The lowest BCUT2D eigenvalue weighted by Crippen LogP contribution is -2.47. The molecule has 7 nitrogen and oxygen atoms in total. The van der Waals surface area contributed by atoms with E-state index in [-0.39, 0.29) is 0 Å². The number of alkyl halides is 3. The molecule has 0 radical (unpaired) electrons. The molecule has 0 aliphatic carbocycles. The zero-order chi connectivity index (χ0) is 16.7. The number of halogens is 3. The van der Waals surface area contributed by atoms with Gasteiger partial charge in [-0.15, -0.1) is 10.2 Å². The first-order valence-electron chi connectivity index (χ1n) is 7.21. The number of fused-ring (bicyclic) bond motifs is 1. The van der Waals surface area contributed by atoms with E-state index in [1.165, 1.54) is 6.33 Å². The van der Waals surface area contributed by atoms with E-state index in [0.717, 1.165) is 16.9 Å². The van der Waals surface area contributed by atoms with Crippen LogP contribution in [0.2, 0.25) is 0 Å². The molecule has 0 bridgehead atoms. The molecule has 3 aromatic heterocycles. The number of hydrogen-bond acceptors (Lipinski definition) is 7. The highest BCUT2D eigenvalue weighted by Crippen LogP contribution is 2.34. The molecule has 1 aliphatic heterocycles. The Balaban J connectivity index is 1.49. The molecule has 4 heterocycles. The van der Waals surface area contributed by atoms with Gasteiger partial charge in [-0.25, -0.2) is 9.97 Å². The first-order chi connectivity index (χ1) is 11.5. The first kappa shape index (κ1) is 15.1. The number of H-pyrrole nitrogens is 1. The van der Waals surface area contributed by atoms with E-state index in [4.69, 9.17) is 0 Å². The average Bonchev–Trinajstić information content (AvgIpc) is 3.23. The van der Waals surface area contributed by atoms with Crippen LogP contribution < -0.4 is 9.80 Å². The average molecular weight is 355 g/mol. The van der Waals surface area contributed by atoms with Gasteiger partial charge in [0.15, 0.2) is 5.82 Å². The van der Waals surface area contributed by atoms with Crippen LogP contribution in [0.15, 0.2) is 18.6 Å². The van der Waals surface area contributed by atoms with E-state index in [2.05, 4.69) is 30.0 Å². The van der Waals surface area contributed by atoms with Crippen LogP contribution in [0.25, 0.3) is 11.0 Å². The van der Waals surface area contributed by atoms with Crippen molar-refractivity contribution in [1.29, 1.82) is 0 Å². The third-order valence-corrected chi connectivity index (χ3v) is 4.86. The Hall–Kier alpha value is -2.43. The van der Waals surface area contributed by atoms with Crippen LogP contribution in [-0.4, -0.2) is 51.3 Å². The predicted octanol–water partition coefficient (Wildman–Crippen LogP) is 2.15. The maximum absolute atomic E-state index is 12.6. The van der Waals surface area contributed by atoms with Crippen molar-refractivity contribution in [3.8, 4) is 0 Å². The number of nitrogens with one attached hydrogen (secondary N) is 1. The molecule has 0 unspecified atom stereocenters. The lowest BCUT2D eigenvalue weighted by molar-refractivity contribution is -0.138. The monoisotopic (exact) mass is 355 g/mol. The highest BCUT2D eigenvalue weighted by atomic mass is 32.1. The number of aromatic nitrogens is 5. The number of piperazine rings is 1. The van der Waals surface area contributed by atoms with Gasteiger partial charge >= 0.3 is 6.18 Å². The lowest BCUT2D eigenvalue weighted by atomic mass is 10.3. The lowest BCUT2D eigenvalue weighted by Gasteiger charge is -2.35. The summed E-state index contributed by atoms with van der Waals surface area (Å²) in [6.45, 7) is 2.37. The molecule has 24 heavy (non-hydrogen) atoms. The van der Waals surface area contributed by atoms with E-state index in [0.29, 0.717) is 42.6 Å². The van der Waals surface area contributed by atoms with Crippen LogP contribution in [0.3, 0.4) is 0 Å². The van der Waals surface area contributed by atoms with E-state index >= 15 is 0 Å². The highest BCUT2D eigenvalue weighted by molar-refractivity contribution is 7.15. The van der Waals surface area contributed by atoms with Crippen molar-refractivity contribution in [3.05, 3.63) is 23.6 Å². The summed E-state index contributed by atoms with van der Waals surface area (Å²) in [5, 5.41) is 6.29. The fraction of sp³-hybridized carbons (Fsp3) is 0.385. The molecule has 4 rings (SSSR count). The quantitative estimate of drug-likeness (QED) is 0.759. The van der Waals surface area contributed by atoms with Gasteiger partial charge in [-0.1, -0.05) is 11.3 Å². The van der Waals surface area contributed by atoms with Crippen LogP contribution >= 0.6 is 11.3 Å². The summed E-state index contributed by atoms with van der Waals surface area (Å²) in [5.41, 5.74) is 1.70. The first-order valence-corrected chi connectivity index (χ1v) is 8.03. The Bertz CT molecular complexity index is 850. The van der Waals surface area contributed by atoms with Crippen molar-refractivity contribution in [1.82, 2.24) is 25.1 Å². The van der Waals surface area contributed by atoms with Gasteiger partial charge in [0, 0.05) is 32.4 Å². The second kappa shape index (κ2) is 5.58. The minimum atomic E-state index is -4.45. The molecule has 0 atom stereocenters. The summed E-state index contributed by atoms with van der Waals surface area (Å²) in [4.78, 5) is 15.5. The zero-order valence-corrected chi connectivity index (χ0v) is 13.1. The molecule has 1 fully saturated rings. The molecule has 1 saturated heterocycles. The smallest absolute Gasteiger partial charge is 0.357 e. The third kappa shape index (κ3) is 2.64. The number of aromatic amines is 1. The normalized spacial score (nSPS) is 16.1. The maximum Gasteiger partial charge on any atom is 0.445 e. The Morgan fingerprint density at radius 3 is 2.50 bits per heavy atom. The standard InChI is InChI=1S/C13H12F3N7S/c14-13(15,16)11-20-21-12(24-11)23-5-3-22(4-6-23)10-9-8(1-2-17-9)18-7-19-10/h1-2,7,17H,3-6H2. The summed E-state index contributed by atoms with van der Waals surface area (Å²) >= 11 is 0.576. The number of anilines is 2. The molecular weight excluding hydrogens is 343 g/mol. The van der Waals surface area contributed by atoms with Crippen LogP contribution in [0.1, 0.15) is 5.01 Å². The molecule has 11 heteroatoms. The van der Waals surface area contributed by atoms with Crippen molar-refractivity contribution < 1.29 is 13.2 Å². The van der Waals surface area contributed by atoms with Gasteiger partial charge in [0.2, 0.25) is 10.1 Å². The summed E-state index contributed by atoms with van der Waals surface area (Å²) < 4.78 is 37.9. The van der Waals surface area contributed by atoms with Crippen LogP contribution in [0.5, 0.6) is 0 Å². The Labute approximate surface area is 138 Å². The zero-order valence-electron chi connectivity index (χ0n) is 12.3. The van der Waals surface area contributed by atoms with Crippen LogP contribution in [0, 0.1) is 0 Å². The number of rotatable bonds is 2. The van der Waals surface area contributed by atoms with E-state index in [1.807, 2.05) is 11.0 Å². The van der Waals surface area contributed by atoms with E-state index in [9.17, 15) is 13.2 Å². The molecule has 1 aliphatic rings. The van der Waals surface area contributed by atoms with Gasteiger partial charge in [0.05, 0.1) is 5.52 Å². The molecular formula is C13H12F3N7S. The van der Waals surface area contributed by atoms with Gasteiger partial charge in [0.1, 0.15) is 11.8 Å². The van der Waals surface area contributed by atoms with Gasteiger partial charge in [0.25, 0.3) is 0 Å². The van der Waals surface area contributed by atoms with Crippen molar-refractivity contribution in [2.45, 2.75) is 6.18 Å². The van der Waals surface area contributed by atoms with Gasteiger partial charge in [-0.3, -0.25) is 0 Å². The Morgan fingerprint density at radius 2 is 1.79 bits per heavy atom. The van der Waals surface area contributed by atoms with E-state index in [1.54, 1.807) is 6.20 Å². The maximum atomic E-state index is 12.6. The summed E-state index contributed by atoms with van der Waals surface area (Å²) in [7, 11) is 0. The number of nitrogens with zero attached hydrogens (tertiary/aromatic N) is 6. The minimum Gasteiger partial charge on any atom is -0.357 e. The molecule has 0 spiro atoms. The van der Waals surface area contributed by atoms with Crippen LogP contribution in [0.4, 0.5) is 24.1 Å². The molecule has 0 amide bonds. The van der Waals surface area contributed by atoms with Gasteiger partial charge < -0.3 is 14.8 Å². The Morgan fingerprint density at radius 1 is 1.04 bits per heavy atom. The predicted molar refractivity (Wildman–Crippen MR) is 83.2 cm³/mol. The van der Waals surface area contributed by atoms with E-state index < -0.39 is 11.2 Å². The molecule has 0 aromatic carbocycles. The van der Waals surface area contributed by atoms with Crippen LogP contribution in [-0.2, 0) is 6.18 Å².